The molecule has 0 N–H and O–H groups in total. The van der Waals surface area contributed by atoms with Gasteiger partial charge in [-0.25, -0.2) is 0 Å². The molecule has 0 atom stereocenters. The third-order valence-corrected chi connectivity index (χ3v) is 1.91. The van der Waals surface area contributed by atoms with Gasteiger partial charge in [-0.05, 0) is 44.6 Å². The normalized spacial score (nSPS) is 28.0. The fourth-order valence-electron chi connectivity index (χ4n) is 1.21. The third kappa shape index (κ3) is 4.95. The van der Waals surface area contributed by atoms with Crippen molar-refractivity contribution in [1.29, 1.82) is 0 Å². The Bertz CT molecular complexity index is 121. The van der Waals surface area contributed by atoms with Gasteiger partial charge in [0.15, 0.2) is 0 Å². The molecule has 1 aliphatic rings. The van der Waals surface area contributed by atoms with Gasteiger partial charge in [0.1, 0.15) is 0 Å². The topological polar surface area (TPSA) is 0 Å². The number of allylic oxidation sites excluding steroid dienone is 6. The van der Waals surface area contributed by atoms with Crippen molar-refractivity contribution >= 4 is 0 Å². The van der Waals surface area contributed by atoms with Crippen LogP contribution in [-0.4, -0.2) is 0 Å². The lowest BCUT2D eigenvalue weighted by Crippen LogP contribution is -1.72. The van der Waals surface area contributed by atoms with E-state index in [2.05, 4.69) is 36.5 Å². The van der Waals surface area contributed by atoms with Crippen molar-refractivity contribution in [2.45, 2.75) is 38.5 Å². The quantitative estimate of drug-likeness (QED) is 0.474. The van der Waals surface area contributed by atoms with Crippen molar-refractivity contribution in [3.05, 3.63) is 36.5 Å². The van der Waals surface area contributed by atoms with Gasteiger partial charge in [-0.3, -0.25) is 0 Å². The minimum absolute atomic E-state index is 1.08. The first kappa shape index (κ1) is 9.31. The van der Waals surface area contributed by atoms with Crippen molar-refractivity contribution in [1.82, 2.24) is 0 Å². The Morgan fingerprint density at radius 3 is 2.00 bits per heavy atom. The maximum atomic E-state index is 3.29. The highest BCUT2D eigenvalue weighted by atomic mass is 13.9. The van der Waals surface area contributed by atoms with Crippen LogP contribution >= 0.6 is 0 Å². The van der Waals surface area contributed by atoms with Crippen molar-refractivity contribution in [3.63, 3.8) is 0 Å². The molecule has 12 heavy (non-hydrogen) atoms. The number of hydrogen-bond acceptors (Lipinski definition) is 0. The minimum Gasteiger partial charge on any atom is -0.0882 e. The van der Waals surface area contributed by atoms with Gasteiger partial charge in [-0.1, -0.05) is 30.4 Å². The second-order valence-electron chi connectivity index (χ2n) is 3.04. The SMILES string of the molecule is [C]1=C/CC/C=C/CC/C=C/CC/1. The molecule has 0 heteroatoms. The fourth-order valence-corrected chi connectivity index (χ4v) is 1.21. The van der Waals surface area contributed by atoms with Crippen LogP contribution in [0, 0.1) is 6.08 Å². The number of rotatable bonds is 0. The van der Waals surface area contributed by atoms with Crippen LogP contribution in [0.3, 0.4) is 0 Å². The van der Waals surface area contributed by atoms with E-state index in [0.717, 1.165) is 19.3 Å². The van der Waals surface area contributed by atoms with Crippen molar-refractivity contribution in [3.8, 4) is 0 Å². The summed E-state index contributed by atoms with van der Waals surface area (Å²) in [6, 6.07) is 0. The molecule has 1 radical (unpaired) electrons. The summed E-state index contributed by atoms with van der Waals surface area (Å²) in [5.41, 5.74) is 0. The average Bonchev–Trinajstić information content (AvgIpc) is 2.05. The molecule has 0 saturated heterocycles. The Hall–Kier alpha value is -0.780. The molecule has 0 fully saturated rings. The monoisotopic (exact) mass is 161 g/mol. The fraction of sp³-hybridized carbons (Fsp3) is 0.500. The highest BCUT2D eigenvalue weighted by molar-refractivity contribution is 4.91. The summed E-state index contributed by atoms with van der Waals surface area (Å²) in [5, 5.41) is 0. The van der Waals surface area contributed by atoms with Gasteiger partial charge in [0.25, 0.3) is 0 Å². The zero-order chi connectivity index (χ0) is 8.49. The van der Waals surface area contributed by atoms with Crippen molar-refractivity contribution in [2.24, 2.45) is 0 Å². The smallest absolute Gasteiger partial charge is 0.0245 e. The van der Waals surface area contributed by atoms with Crippen LogP contribution in [0.5, 0.6) is 0 Å². The van der Waals surface area contributed by atoms with E-state index in [9.17, 15) is 0 Å². The molecule has 0 spiro atoms. The summed E-state index contributed by atoms with van der Waals surface area (Å²) >= 11 is 0. The van der Waals surface area contributed by atoms with Crippen LogP contribution in [-0.2, 0) is 0 Å². The van der Waals surface area contributed by atoms with Crippen LogP contribution < -0.4 is 0 Å². The average molecular weight is 161 g/mol. The lowest BCUT2D eigenvalue weighted by Gasteiger charge is -1.92. The number of hydrogen-bond donors (Lipinski definition) is 0. The highest BCUT2D eigenvalue weighted by Gasteiger charge is 1.82. The van der Waals surface area contributed by atoms with E-state index in [1.807, 2.05) is 0 Å². The molecular formula is C12H17. The molecule has 0 aromatic carbocycles. The Balaban J connectivity index is 2.30. The molecule has 0 saturated carbocycles. The van der Waals surface area contributed by atoms with E-state index in [1.165, 1.54) is 19.3 Å². The van der Waals surface area contributed by atoms with Gasteiger partial charge in [0.2, 0.25) is 0 Å². The van der Waals surface area contributed by atoms with E-state index in [4.69, 9.17) is 0 Å². The van der Waals surface area contributed by atoms with E-state index >= 15 is 0 Å². The molecule has 0 unspecified atom stereocenters. The molecule has 0 amide bonds. The van der Waals surface area contributed by atoms with Gasteiger partial charge >= 0.3 is 0 Å². The lowest BCUT2D eigenvalue weighted by atomic mass is 10.1. The van der Waals surface area contributed by atoms with Crippen molar-refractivity contribution < 1.29 is 0 Å². The summed E-state index contributed by atoms with van der Waals surface area (Å²) in [6.45, 7) is 0. The molecule has 0 bridgehead atoms. The Morgan fingerprint density at radius 1 is 0.667 bits per heavy atom. The second-order valence-corrected chi connectivity index (χ2v) is 3.04. The van der Waals surface area contributed by atoms with Crippen LogP contribution in [0.4, 0.5) is 0 Å². The largest absolute Gasteiger partial charge is 0.0882 e. The predicted molar refractivity (Wildman–Crippen MR) is 53.8 cm³/mol. The van der Waals surface area contributed by atoms with Crippen molar-refractivity contribution in [2.75, 3.05) is 0 Å². The third-order valence-electron chi connectivity index (χ3n) is 1.91. The van der Waals surface area contributed by atoms with Gasteiger partial charge in [-0.2, -0.15) is 0 Å². The highest BCUT2D eigenvalue weighted by Crippen LogP contribution is 2.02. The summed E-state index contributed by atoms with van der Waals surface area (Å²) in [7, 11) is 0. The van der Waals surface area contributed by atoms with Gasteiger partial charge in [0, 0.05) is 0 Å². The molecule has 65 valence electrons. The first-order chi connectivity index (χ1) is 6.00. The van der Waals surface area contributed by atoms with Gasteiger partial charge < -0.3 is 0 Å². The zero-order valence-corrected chi connectivity index (χ0v) is 7.63. The lowest BCUT2D eigenvalue weighted by molar-refractivity contribution is 0.949. The molecule has 1 aliphatic carbocycles. The summed E-state index contributed by atoms with van der Waals surface area (Å²) in [6.07, 6.45) is 21.5. The standard InChI is InChI=1S/C12H17/c1-2-4-6-8-10-12-11-9-7-5-3-1/h1-2,7-9H,3-6,11-12H2/b2-1+,9-7+,10-8?. The Labute approximate surface area is 75.7 Å². The molecule has 0 nitrogen and oxygen atoms in total. The van der Waals surface area contributed by atoms with E-state index < -0.39 is 0 Å². The predicted octanol–water partition coefficient (Wildman–Crippen LogP) is 3.81. The van der Waals surface area contributed by atoms with Crippen LogP contribution in [0.15, 0.2) is 30.4 Å². The van der Waals surface area contributed by atoms with Crippen LogP contribution in [0.25, 0.3) is 0 Å². The maximum absolute atomic E-state index is 3.29. The molecule has 0 aromatic rings. The van der Waals surface area contributed by atoms with Gasteiger partial charge in [0.05, 0.1) is 0 Å². The summed E-state index contributed by atoms with van der Waals surface area (Å²) in [4.78, 5) is 0. The first-order valence-corrected chi connectivity index (χ1v) is 4.85. The summed E-state index contributed by atoms with van der Waals surface area (Å²) < 4.78 is 0. The maximum Gasteiger partial charge on any atom is -0.0245 e. The van der Waals surface area contributed by atoms with Crippen LogP contribution in [0.1, 0.15) is 38.5 Å². The van der Waals surface area contributed by atoms with E-state index in [0.29, 0.717) is 0 Å². The second kappa shape index (κ2) is 6.90. The summed E-state index contributed by atoms with van der Waals surface area (Å²) in [5.74, 6) is 0. The molecule has 0 aromatic heterocycles. The molecule has 0 aliphatic heterocycles. The molecule has 0 heterocycles. The zero-order valence-electron chi connectivity index (χ0n) is 7.63. The van der Waals surface area contributed by atoms with E-state index in [-0.39, 0.29) is 0 Å². The molecular weight excluding hydrogens is 144 g/mol. The Kier molecular flexibility index (Phi) is 5.35. The minimum atomic E-state index is 1.08. The van der Waals surface area contributed by atoms with Gasteiger partial charge in [-0.15, -0.1) is 0 Å². The van der Waals surface area contributed by atoms with E-state index in [1.54, 1.807) is 0 Å². The molecule has 1 rings (SSSR count). The van der Waals surface area contributed by atoms with Crippen LogP contribution in [0.2, 0.25) is 0 Å². The first-order valence-electron chi connectivity index (χ1n) is 4.85. The Morgan fingerprint density at radius 2 is 1.25 bits per heavy atom.